The highest BCUT2D eigenvalue weighted by Gasteiger charge is 2.38. The summed E-state index contributed by atoms with van der Waals surface area (Å²) in [5.41, 5.74) is 1.31. The Hall–Kier alpha value is -3.50. The number of carbonyl (C=O) groups excluding carboxylic acids is 2. The highest BCUT2D eigenvalue weighted by atomic mass is 35.5. The molecule has 3 aromatic rings. The Kier molecular flexibility index (Phi) is 6.29. The molecule has 2 amide bonds. The molecule has 0 saturated carbocycles. The van der Waals surface area contributed by atoms with Crippen LogP contribution in [0.15, 0.2) is 53.4 Å². The first-order valence-electron chi connectivity index (χ1n) is 10.1. The van der Waals surface area contributed by atoms with E-state index in [0.29, 0.717) is 33.6 Å². The number of nitrogens with zero attached hydrogens (tertiary/aromatic N) is 2. The SMILES string of the molecule is Cc1cc(/C=C2/SC(=O)N(c3cccc(C(F)(F)F)c3)C2=O)c(C)n1-c1ccc(Cl)c(C(=O)O)c1. The minimum absolute atomic E-state index is 0.0509. The third kappa shape index (κ3) is 4.59. The van der Waals surface area contributed by atoms with Crippen molar-refractivity contribution in [2.75, 3.05) is 4.90 Å². The van der Waals surface area contributed by atoms with Crippen molar-refractivity contribution in [2.45, 2.75) is 20.0 Å². The maximum absolute atomic E-state index is 13.1. The Morgan fingerprint density at radius 1 is 1.06 bits per heavy atom. The van der Waals surface area contributed by atoms with E-state index in [4.69, 9.17) is 11.6 Å². The van der Waals surface area contributed by atoms with E-state index in [1.165, 1.54) is 24.3 Å². The van der Waals surface area contributed by atoms with Crippen LogP contribution in [0.1, 0.15) is 32.9 Å². The van der Waals surface area contributed by atoms with Gasteiger partial charge in [0.15, 0.2) is 0 Å². The first-order valence-corrected chi connectivity index (χ1v) is 11.3. The number of thioether (sulfide) groups is 1. The third-order valence-electron chi connectivity index (χ3n) is 5.42. The lowest BCUT2D eigenvalue weighted by Crippen LogP contribution is -2.28. The quantitative estimate of drug-likeness (QED) is 0.387. The number of carbonyl (C=O) groups is 3. The van der Waals surface area contributed by atoms with Crippen LogP contribution in [0.2, 0.25) is 5.02 Å². The van der Waals surface area contributed by atoms with Crippen LogP contribution < -0.4 is 4.90 Å². The summed E-state index contributed by atoms with van der Waals surface area (Å²) >= 11 is 6.59. The first-order chi connectivity index (χ1) is 16.4. The van der Waals surface area contributed by atoms with Crippen LogP contribution in [0.4, 0.5) is 23.7 Å². The fourth-order valence-electron chi connectivity index (χ4n) is 3.80. The monoisotopic (exact) mass is 520 g/mol. The summed E-state index contributed by atoms with van der Waals surface area (Å²) in [7, 11) is 0. The van der Waals surface area contributed by atoms with Gasteiger partial charge in [-0.3, -0.25) is 9.59 Å². The summed E-state index contributed by atoms with van der Waals surface area (Å²) in [6.45, 7) is 3.54. The van der Waals surface area contributed by atoms with E-state index in [2.05, 4.69) is 0 Å². The van der Waals surface area contributed by atoms with Crippen molar-refractivity contribution in [3.8, 4) is 5.69 Å². The van der Waals surface area contributed by atoms with Gasteiger partial charge in [0.05, 0.1) is 26.7 Å². The number of aromatic nitrogens is 1. The van der Waals surface area contributed by atoms with Crippen LogP contribution >= 0.6 is 23.4 Å². The zero-order valence-corrected chi connectivity index (χ0v) is 19.8. The molecule has 0 atom stereocenters. The second-order valence-electron chi connectivity index (χ2n) is 7.70. The van der Waals surface area contributed by atoms with Gasteiger partial charge < -0.3 is 9.67 Å². The van der Waals surface area contributed by atoms with Crippen molar-refractivity contribution < 1.29 is 32.7 Å². The Morgan fingerprint density at radius 2 is 1.77 bits per heavy atom. The summed E-state index contributed by atoms with van der Waals surface area (Å²) in [6, 6.07) is 10.3. The standard InChI is InChI=1S/C24H16ClF3N2O4S/c1-12-8-14(13(2)29(12)17-6-7-19(25)18(11-17)22(32)33)9-20-21(31)30(23(34)35-20)16-5-3-4-15(10-16)24(26,27)28/h3-11H,1-2H3,(H,32,33)/b20-9+. The van der Waals surface area contributed by atoms with Gasteiger partial charge in [-0.1, -0.05) is 17.7 Å². The maximum atomic E-state index is 13.1. The number of aromatic carboxylic acids is 1. The van der Waals surface area contributed by atoms with Crippen LogP contribution in [-0.4, -0.2) is 26.8 Å². The molecule has 1 fully saturated rings. The summed E-state index contributed by atoms with van der Waals surface area (Å²) in [5, 5.41) is 8.74. The zero-order chi connectivity index (χ0) is 25.7. The second-order valence-corrected chi connectivity index (χ2v) is 9.10. The number of hydrogen-bond donors (Lipinski definition) is 1. The highest BCUT2D eigenvalue weighted by Crippen LogP contribution is 2.39. The van der Waals surface area contributed by atoms with E-state index in [0.717, 1.165) is 23.9 Å². The number of carboxylic acid groups (broad SMARTS) is 1. The molecule has 0 spiro atoms. The van der Waals surface area contributed by atoms with E-state index >= 15 is 0 Å². The molecule has 2 aromatic carbocycles. The molecule has 180 valence electrons. The molecule has 0 radical (unpaired) electrons. The van der Waals surface area contributed by atoms with E-state index in [1.807, 2.05) is 0 Å². The number of hydrogen-bond acceptors (Lipinski definition) is 4. The van der Waals surface area contributed by atoms with Crippen LogP contribution in [0, 0.1) is 13.8 Å². The van der Waals surface area contributed by atoms with Crippen molar-refractivity contribution in [1.29, 1.82) is 0 Å². The Morgan fingerprint density at radius 3 is 2.43 bits per heavy atom. The van der Waals surface area contributed by atoms with Gasteiger partial charge in [-0.15, -0.1) is 0 Å². The molecule has 1 aromatic heterocycles. The number of rotatable bonds is 4. The average molecular weight is 521 g/mol. The number of anilines is 1. The molecular weight excluding hydrogens is 505 g/mol. The summed E-state index contributed by atoms with van der Waals surface area (Å²) in [4.78, 5) is 37.7. The predicted molar refractivity (Wildman–Crippen MR) is 127 cm³/mol. The fraction of sp³-hybridized carbons (Fsp3) is 0.125. The van der Waals surface area contributed by atoms with E-state index in [-0.39, 0.29) is 21.2 Å². The van der Waals surface area contributed by atoms with Crippen LogP contribution in [0.5, 0.6) is 0 Å². The number of amides is 2. The molecule has 1 aliphatic heterocycles. The minimum atomic E-state index is -4.62. The average Bonchev–Trinajstić information content (AvgIpc) is 3.22. The zero-order valence-electron chi connectivity index (χ0n) is 18.2. The molecule has 1 aliphatic rings. The molecule has 2 heterocycles. The van der Waals surface area contributed by atoms with Gasteiger partial charge in [-0.05, 0) is 79.7 Å². The molecule has 11 heteroatoms. The van der Waals surface area contributed by atoms with Gasteiger partial charge in [-0.25, -0.2) is 9.69 Å². The molecule has 4 rings (SSSR count). The summed E-state index contributed by atoms with van der Waals surface area (Å²) < 4.78 is 41.0. The van der Waals surface area contributed by atoms with Crippen molar-refractivity contribution >= 4 is 52.2 Å². The van der Waals surface area contributed by atoms with Crippen LogP contribution in [-0.2, 0) is 11.0 Å². The van der Waals surface area contributed by atoms with Gasteiger partial charge in [0, 0.05) is 17.1 Å². The minimum Gasteiger partial charge on any atom is -0.478 e. The lowest BCUT2D eigenvalue weighted by molar-refractivity contribution is -0.137. The largest absolute Gasteiger partial charge is 0.478 e. The Labute approximate surface area is 206 Å². The maximum Gasteiger partial charge on any atom is 0.416 e. The second kappa shape index (κ2) is 8.94. The van der Waals surface area contributed by atoms with Crippen molar-refractivity contribution in [1.82, 2.24) is 4.57 Å². The number of carboxylic acids is 1. The molecule has 1 saturated heterocycles. The predicted octanol–water partition coefficient (Wildman–Crippen LogP) is 6.71. The number of alkyl halides is 3. The number of aryl methyl sites for hydroxylation is 1. The summed E-state index contributed by atoms with van der Waals surface area (Å²) in [6.07, 6.45) is -3.13. The highest BCUT2D eigenvalue weighted by molar-refractivity contribution is 8.19. The van der Waals surface area contributed by atoms with Gasteiger partial charge >= 0.3 is 12.1 Å². The van der Waals surface area contributed by atoms with Gasteiger partial charge in [0.2, 0.25) is 0 Å². The van der Waals surface area contributed by atoms with Crippen LogP contribution in [0.25, 0.3) is 11.8 Å². The van der Waals surface area contributed by atoms with Crippen molar-refractivity contribution in [3.05, 3.63) is 86.5 Å². The Balaban J connectivity index is 1.71. The van der Waals surface area contributed by atoms with Crippen LogP contribution in [0.3, 0.4) is 0 Å². The smallest absolute Gasteiger partial charge is 0.416 e. The lowest BCUT2D eigenvalue weighted by Gasteiger charge is -2.14. The van der Waals surface area contributed by atoms with Gasteiger partial charge in [0.1, 0.15) is 0 Å². The van der Waals surface area contributed by atoms with E-state index in [1.54, 1.807) is 30.5 Å². The molecule has 35 heavy (non-hydrogen) atoms. The van der Waals surface area contributed by atoms with E-state index < -0.39 is 28.9 Å². The Bertz CT molecular complexity index is 1430. The molecule has 6 nitrogen and oxygen atoms in total. The molecule has 1 N–H and O–H groups in total. The number of halogens is 4. The molecular formula is C24H16ClF3N2O4S. The fourth-order valence-corrected chi connectivity index (χ4v) is 4.83. The molecule has 0 aliphatic carbocycles. The van der Waals surface area contributed by atoms with Gasteiger partial charge in [0.25, 0.3) is 11.1 Å². The van der Waals surface area contributed by atoms with E-state index in [9.17, 15) is 32.7 Å². The van der Waals surface area contributed by atoms with Crippen molar-refractivity contribution in [3.63, 3.8) is 0 Å². The normalized spacial score (nSPS) is 15.4. The summed E-state index contributed by atoms with van der Waals surface area (Å²) in [5.74, 6) is -1.91. The van der Waals surface area contributed by atoms with Crippen molar-refractivity contribution in [2.24, 2.45) is 0 Å². The number of imide groups is 1. The topological polar surface area (TPSA) is 79.6 Å². The number of benzene rings is 2. The van der Waals surface area contributed by atoms with Gasteiger partial charge in [-0.2, -0.15) is 13.2 Å². The lowest BCUT2D eigenvalue weighted by atomic mass is 10.1. The first kappa shape index (κ1) is 24.6. The third-order valence-corrected chi connectivity index (χ3v) is 6.62. The molecule has 0 bridgehead atoms. The molecule has 0 unspecified atom stereocenters.